The lowest BCUT2D eigenvalue weighted by Crippen LogP contribution is -2.43. The molecule has 0 amide bonds. The predicted octanol–water partition coefficient (Wildman–Crippen LogP) is 1.08. The van der Waals surface area contributed by atoms with E-state index in [4.69, 9.17) is 9.84 Å². The Hall–Kier alpha value is -1.43. The Morgan fingerprint density at radius 2 is 1.65 bits per heavy atom. The third kappa shape index (κ3) is 9.49. The summed E-state index contributed by atoms with van der Waals surface area (Å²) in [6.45, 7) is 3.96. The maximum atomic E-state index is 11.7. The van der Waals surface area contributed by atoms with E-state index in [0.717, 1.165) is 0 Å². The van der Waals surface area contributed by atoms with E-state index in [1.165, 1.54) is 0 Å². The molecule has 1 atom stereocenters. The van der Waals surface area contributed by atoms with Crippen molar-refractivity contribution in [3.63, 3.8) is 0 Å². The molecule has 0 aliphatic heterocycles. The van der Waals surface area contributed by atoms with Crippen molar-refractivity contribution in [1.29, 1.82) is 0 Å². The molecule has 0 aliphatic carbocycles. The third-order valence-corrected chi connectivity index (χ3v) is 2.67. The summed E-state index contributed by atoms with van der Waals surface area (Å²) in [6.07, 6.45) is -0.751. The van der Waals surface area contributed by atoms with Crippen LogP contribution in [-0.2, 0) is 19.1 Å². The number of hydrogen-bond donors (Lipinski definition) is 1. The zero-order valence-electron chi connectivity index (χ0n) is 13.0. The van der Waals surface area contributed by atoms with Gasteiger partial charge in [0.2, 0.25) is 0 Å². The zero-order chi connectivity index (χ0) is 15.9. The van der Waals surface area contributed by atoms with Crippen LogP contribution in [0.15, 0.2) is 0 Å². The molecule has 6 nitrogen and oxygen atoms in total. The molecule has 1 N–H and O–H groups in total. The van der Waals surface area contributed by atoms with E-state index in [9.17, 15) is 14.4 Å². The topological polar surface area (TPSA) is 80.7 Å². The Balaban J connectivity index is 4.38. The first-order chi connectivity index (χ1) is 9.01. The van der Waals surface area contributed by atoms with E-state index in [1.807, 2.05) is 21.1 Å². The normalized spacial score (nSPS) is 13.1. The summed E-state index contributed by atoms with van der Waals surface area (Å²) in [4.78, 5) is 33.9. The Bertz CT molecular complexity index is 357. The molecule has 0 aromatic carbocycles. The van der Waals surface area contributed by atoms with E-state index in [-0.39, 0.29) is 31.0 Å². The van der Waals surface area contributed by atoms with Crippen molar-refractivity contribution in [2.45, 2.75) is 39.2 Å². The number of esters is 1. The van der Waals surface area contributed by atoms with Crippen LogP contribution in [0.25, 0.3) is 0 Å². The van der Waals surface area contributed by atoms with Crippen LogP contribution >= 0.6 is 0 Å². The monoisotopic (exact) mass is 288 g/mol. The molecule has 0 rings (SSSR count). The van der Waals surface area contributed by atoms with E-state index in [1.54, 1.807) is 13.8 Å². The SMILES string of the molecule is CC(C)C(=O)CCC(=O)O[C@@H](CC(=O)O)C[N+](C)(C)C. The molecule has 0 aliphatic rings. The average molecular weight is 288 g/mol. The van der Waals surface area contributed by atoms with Crippen LogP contribution in [0.2, 0.25) is 0 Å². The number of carboxylic acid groups (broad SMARTS) is 1. The van der Waals surface area contributed by atoms with E-state index < -0.39 is 18.0 Å². The molecule has 0 bridgehead atoms. The lowest BCUT2D eigenvalue weighted by atomic mass is 10.0. The van der Waals surface area contributed by atoms with Gasteiger partial charge in [-0.25, -0.2) is 0 Å². The number of ether oxygens (including phenoxy) is 1. The number of carbonyl (C=O) groups excluding carboxylic acids is 2. The number of aliphatic carboxylic acids is 1. The fourth-order valence-corrected chi connectivity index (χ4v) is 1.71. The standard InChI is InChI=1S/C14H25NO5/c1-10(2)12(16)6-7-14(19)20-11(8-13(17)18)9-15(3,4)5/h10-11H,6-9H2,1-5H3/p+1/t11-/m0/s1. The van der Waals surface area contributed by atoms with Gasteiger partial charge in [-0.3, -0.25) is 14.4 Å². The molecule has 0 fully saturated rings. The summed E-state index contributed by atoms with van der Waals surface area (Å²) in [5, 5.41) is 8.83. The van der Waals surface area contributed by atoms with Gasteiger partial charge in [-0.2, -0.15) is 0 Å². The fraction of sp³-hybridized carbons (Fsp3) is 0.786. The summed E-state index contributed by atoms with van der Waals surface area (Å²) in [5.74, 6) is -1.62. The molecule has 0 heterocycles. The Labute approximate surface area is 120 Å². The highest BCUT2D eigenvalue weighted by Gasteiger charge is 2.25. The van der Waals surface area contributed by atoms with Crippen LogP contribution < -0.4 is 0 Å². The highest BCUT2D eigenvalue weighted by Crippen LogP contribution is 2.09. The van der Waals surface area contributed by atoms with Crippen LogP contribution in [0.3, 0.4) is 0 Å². The Morgan fingerprint density at radius 1 is 1.10 bits per heavy atom. The van der Waals surface area contributed by atoms with Gasteiger partial charge in [-0.1, -0.05) is 13.8 Å². The van der Waals surface area contributed by atoms with Crippen LogP contribution in [0.4, 0.5) is 0 Å². The van der Waals surface area contributed by atoms with Crippen molar-refractivity contribution < 1.29 is 28.7 Å². The first-order valence-corrected chi connectivity index (χ1v) is 6.75. The van der Waals surface area contributed by atoms with Gasteiger partial charge in [-0.05, 0) is 0 Å². The smallest absolute Gasteiger partial charge is 0.307 e. The lowest BCUT2D eigenvalue weighted by molar-refractivity contribution is -0.873. The molecule has 0 radical (unpaired) electrons. The van der Waals surface area contributed by atoms with Gasteiger partial charge in [-0.15, -0.1) is 0 Å². The van der Waals surface area contributed by atoms with E-state index in [2.05, 4.69) is 0 Å². The number of rotatable bonds is 9. The average Bonchev–Trinajstić information content (AvgIpc) is 2.21. The second-order valence-electron chi connectivity index (χ2n) is 6.30. The van der Waals surface area contributed by atoms with Crippen molar-refractivity contribution in [1.82, 2.24) is 0 Å². The maximum absolute atomic E-state index is 11.7. The van der Waals surface area contributed by atoms with Gasteiger partial charge in [0.1, 0.15) is 12.3 Å². The number of likely N-dealkylation sites (N-methyl/N-ethyl adjacent to an activating group) is 1. The molecule has 0 aromatic heterocycles. The number of nitrogens with zero attached hydrogens (tertiary/aromatic N) is 1. The zero-order valence-corrected chi connectivity index (χ0v) is 13.0. The number of ketones is 1. The van der Waals surface area contributed by atoms with Gasteiger partial charge in [0, 0.05) is 12.3 Å². The van der Waals surface area contributed by atoms with Crippen molar-refractivity contribution in [2.75, 3.05) is 27.7 Å². The summed E-state index contributed by atoms with van der Waals surface area (Å²) in [7, 11) is 5.68. The van der Waals surface area contributed by atoms with Gasteiger partial charge in [0.15, 0.2) is 6.10 Å². The van der Waals surface area contributed by atoms with Gasteiger partial charge >= 0.3 is 11.9 Å². The highest BCUT2D eigenvalue weighted by atomic mass is 16.5. The van der Waals surface area contributed by atoms with Gasteiger partial charge in [0.25, 0.3) is 0 Å². The Morgan fingerprint density at radius 3 is 2.05 bits per heavy atom. The van der Waals surface area contributed by atoms with Crippen molar-refractivity contribution in [2.24, 2.45) is 5.92 Å². The minimum absolute atomic E-state index is 0.00309. The van der Waals surface area contributed by atoms with Gasteiger partial charge in [0.05, 0.1) is 34.0 Å². The van der Waals surface area contributed by atoms with E-state index in [0.29, 0.717) is 11.0 Å². The molecular weight excluding hydrogens is 262 g/mol. The van der Waals surface area contributed by atoms with E-state index >= 15 is 0 Å². The van der Waals surface area contributed by atoms with Crippen molar-refractivity contribution >= 4 is 17.7 Å². The summed E-state index contributed by atoms with van der Waals surface area (Å²) < 4.78 is 5.68. The molecule has 0 unspecified atom stereocenters. The number of carboxylic acids is 1. The highest BCUT2D eigenvalue weighted by molar-refractivity contribution is 5.84. The third-order valence-electron chi connectivity index (χ3n) is 2.67. The number of hydrogen-bond acceptors (Lipinski definition) is 4. The first kappa shape index (κ1) is 18.6. The molecule has 0 saturated heterocycles. The minimum atomic E-state index is -1.01. The number of carbonyl (C=O) groups is 3. The second-order valence-corrected chi connectivity index (χ2v) is 6.30. The summed E-state index contributed by atoms with van der Waals surface area (Å²) in [5.41, 5.74) is 0. The lowest BCUT2D eigenvalue weighted by Gasteiger charge is -2.28. The summed E-state index contributed by atoms with van der Waals surface area (Å²) in [6, 6.07) is 0. The van der Waals surface area contributed by atoms with Crippen LogP contribution in [0.1, 0.15) is 33.1 Å². The van der Waals surface area contributed by atoms with Gasteiger partial charge < -0.3 is 14.3 Å². The van der Waals surface area contributed by atoms with Crippen LogP contribution in [0, 0.1) is 5.92 Å². The minimum Gasteiger partial charge on any atom is -0.481 e. The summed E-state index contributed by atoms with van der Waals surface area (Å²) >= 11 is 0. The molecule has 20 heavy (non-hydrogen) atoms. The molecule has 0 aromatic rings. The molecule has 0 saturated carbocycles. The van der Waals surface area contributed by atoms with Crippen LogP contribution in [0.5, 0.6) is 0 Å². The fourth-order valence-electron chi connectivity index (χ4n) is 1.71. The maximum Gasteiger partial charge on any atom is 0.307 e. The number of Topliss-reactive ketones (excluding diaryl/α,β-unsaturated/α-hetero) is 1. The second kappa shape index (κ2) is 7.99. The predicted molar refractivity (Wildman–Crippen MR) is 74.1 cm³/mol. The first-order valence-electron chi connectivity index (χ1n) is 6.75. The molecular formula is C14H26NO5+. The largest absolute Gasteiger partial charge is 0.481 e. The molecule has 6 heteroatoms. The molecule has 0 spiro atoms. The molecule has 116 valence electrons. The number of quaternary nitrogens is 1. The van der Waals surface area contributed by atoms with Crippen molar-refractivity contribution in [3.05, 3.63) is 0 Å². The Kier molecular flexibility index (Phi) is 7.42. The quantitative estimate of drug-likeness (QED) is 0.507. The van der Waals surface area contributed by atoms with Crippen LogP contribution in [-0.4, -0.2) is 61.1 Å². The van der Waals surface area contributed by atoms with Crippen molar-refractivity contribution in [3.8, 4) is 0 Å².